The number of anilines is 3. The molecular formula is C25H32FN5O2. The summed E-state index contributed by atoms with van der Waals surface area (Å²) in [7, 11) is 0. The van der Waals surface area contributed by atoms with Crippen LogP contribution in [0.3, 0.4) is 0 Å². The molecule has 1 aromatic heterocycles. The van der Waals surface area contributed by atoms with Gasteiger partial charge in [-0.3, -0.25) is 0 Å². The van der Waals surface area contributed by atoms with Gasteiger partial charge in [-0.05, 0) is 64.7 Å². The predicted octanol–water partition coefficient (Wildman–Crippen LogP) is 5.23. The second-order valence-corrected chi connectivity index (χ2v) is 9.14. The summed E-state index contributed by atoms with van der Waals surface area (Å²) in [5, 5.41) is 9.25. The molecule has 1 aliphatic rings. The highest BCUT2D eigenvalue weighted by Crippen LogP contribution is 2.26. The molecule has 176 valence electrons. The monoisotopic (exact) mass is 453 g/mol. The third-order valence-electron chi connectivity index (χ3n) is 4.98. The van der Waals surface area contributed by atoms with Crippen LogP contribution in [0.1, 0.15) is 58.9 Å². The van der Waals surface area contributed by atoms with Crippen LogP contribution in [0.5, 0.6) is 0 Å². The number of carbonyl (C=O) groups excluding carboxylic acids is 1. The molecule has 1 aliphatic carbocycles. The van der Waals surface area contributed by atoms with E-state index in [-0.39, 0.29) is 23.9 Å². The third kappa shape index (κ3) is 7.94. The third-order valence-corrected chi connectivity index (χ3v) is 4.98. The number of rotatable bonds is 6. The maximum atomic E-state index is 13.5. The summed E-state index contributed by atoms with van der Waals surface area (Å²) >= 11 is 0. The maximum Gasteiger partial charge on any atom is 0.407 e. The van der Waals surface area contributed by atoms with E-state index in [0.717, 1.165) is 32.2 Å². The number of nitrogens with zero attached hydrogens (tertiary/aromatic N) is 2. The lowest BCUT2D eigenvalue weighted by Crippen LogP contribution is -2.37. The average molecular weight is 454 g/mol. The molecule has 1 heterocycles. The summed E-state index contributed by atoms with van der Waals surface area (Å²) < 4.78 is 18.8. The van der Waals surface area contributed by atoms with E-state index < -0.39 is 5.60 Å². The predicted molar refractivity (Wildman–Crippen MR) is 128 cm³/mol. The lowest BCUT2D eigenvalue weighted by Gasteiger charge is -2.21. The molecule has 1 amide bonds. The Morgan fingerprint density at radius 3 is 2.85 bits per heavy atom. The van der Waals surface area contributed by atoms with Crippen LogP contribution in [-0.2, 0) is 4.74 Å². The first-order chi connectivity index (χ1) is 15.7. The highest BCUT2D eigenvalue weighted by atomic mass is 19.1. The normalized spacial score (nSPS) is 17.6. The molecule has 2 aromatic rings. The van der Waals surface area contributed by atoms with Crippen molar-refractivity contribution in [2.75, 3.05) is 17.2 Å². The summed E-state index contributed by atoms with van der Waals surface area (Å²) in [6.07, 6.45) is 4.78. The van der Waals surface area contributed by atoms with Gasteiger partial charge in [-0.1, -0.05) is 24.8 Å². The molecule has 0 unspecified atom stereocenters. The lowest BCUT2D eigenvalue weighted by atomic mass is 10.1. The molecule has 0 saturated heterocycles. The molecule has 0 bridgehead atoms. The van der Waals surface area contributed by atoms with Crippen molar-refractivity contribution in [1.82, 2.24) is 15.3 Å². The van der Waals surface area contributed by atoms with Crippen LogP contribution in [0.2, 0.25) is 0 Å². The number of amides is 1. The fourth-order valence-corrected chi connectivity index (χ4v) is 3.50. The van der Waals surface area contributed by atoms with E-state index in [0.29, 0.717) is 23.0 Å². The number of nitrogens with one attached hydrogen (secondary N) is 3. The van der Waals surface area contributed by atoms with E-state index in [2.05, 4.69) is 44.7 Å². The topological polar surface area (TPSA) is 88.2 Å². The van der Waals surface area contributed by atoms with Gasteiger partial charge in [0.1, 0.15) is 17.2 Å². The zero-order chi connectivity index (χ0) is 23.8. The maximum absolute atomic E-state index is 13.5. The number of benzene rings is 1. The highest BCUT2D eigenvalue weighted by Gasteiger charge is 2.26. The lowest BCUT2D eigenvalue weighted by molar-refractivity contribution is 0.0505. The van der Waals surface area contributed by atoms with Crippen LogP contribution in [0.4, 0.5) is 26.6 Å². The molecule has 0 aliphatic heterocycles. The molecule has 1 fully saturated rings. The Labute approximate surface area is 194 Å². The molecule has 33 heavy (non-hydrogen) atoms. The first-order valence-corrected chi connectivity index (χ1v) is 11.4. The molecule has 1 saturated carbocycles. The van der Waals surface area contributed by atoms with Gasteiger partial charge in [0, 0.05) is 24.2 Å². The summed E-state index contributed by atoms with van der Waals surface area (Å²) in [5.74, 6) is 7.37. The Morgan fingerprint density at radius 2 is 2.12 bits per heavy atom. The molecule has 1 aromatic carbocycles. The Morgan fingerprint density at radius 1 is 1.30 bits per heavy atom. The summed E-state index contributed by atoms with van der Waals surface area (Å²) in [6, 6.07) is 6.21. The first-order valence-electron chi connectivity index (χ1n) is 11.4. The van der Waals surface area contributed by atoms with Crippen molar-refractivity contribution in [2.45, 2.75) is 65.0 Å². The number of aromatic nitrogens is 2. The summed E-state index contributed by atoms with van der Waals surface area (Å²) in [6.45, 7) is 8.36. The fraction of sp³-hybridized carbons (Fsp3) is 0.480. The quantitative estimate of drug-likeness (QED) is 0.520. The van der Waals surface area contributed by atoms with E-state index >= 15 is 0 Å². The van der Waals surface area contributed by atoms with Crippen molar-refractivity contribution in [3.8, 4) is 11.8 Å². The van der Waals surface area contributed by atoms with Crippen molar-refractivity contribution in [2.24, 2.45) is 5.92 Å². The van der Waals surface area contributed by atoms with Gasteiger partial charge in [0.05, 0.1) is 11.8 Å². The number of halogens is 1. The van der Waals surface area contributed by atoms with E-state index in [1.165, 1.54) is 12.1 Å². The van der Waals surface area contributed by atoms with Crippen molar-refractivity contribution in [1.29, 1.82) is 0 Å². The number of hydrogen-bond donors (Lipinski definition) is 3. The van der Waals surface area contributed by atoms with Gasteiger partial charge in [-0.2, -0.15) is 4.98 Å². The molecule has 3 N–H and O–H groups in total. The Kier molecular flexibility index (Phi) is 8.10. The van der Waals surface area contributed by atoms with Crippen LogP contribution in [0.25, 0.3) is 0 Å². The summed E-state index contributed by atoms with van der Waals surface area (Å²) in [5.41, 5.74) is 0.765. The van der Waals surface area contributed by atoms with Gasteiger partial charge in [0.15, 0.2) is 0 Å². The number of ether oxygens (including phenoxy) is 1. The molecular weight excluding hydrogens is 421 g/mol. The minimum Gasteiger partial charge on any atom is -0.444 e. The number of hydrogen-bond acceptors (Lipinski definition) is 6. The number of alkyl carbamates (subject to hydrolysis) is 1. The molecule has 0 radical (unpaired) electrons. The zero-order valence-corrected chi connectivity index (χ0v) is 19.7. The largest absolute Gasteiger partial charge is 0.444 e. The van der Waals surface area contributed by atoms with Crippen LogP contribution in [0.15, 0.2) is 30.5 Å². The van der Waals surface area contributed by atoms with Crippen molar-refractivity contribution >= 4 is 23.5 Å². The van der Waals surface area contributed by atoms with Crippen molar-refractivity contribution < 1.29 is 13.9 Å². The second-order valence-electron chi connectivity index (χ2n) is 9.14. The van der Waals surface area contributed by atoms with E-state index in [4.69, 9.17) is 4.74 Å². The van der Waals surface area contributed by atoms with Gasteiger partial charge in [0.25, 0.3) is 0 Å². The SMILES string of the molecule is CCCNc1nc(Nc2cccc(F)c2)ncc1C#C[C@@H]1CC[C@H](NC(=O)OC(C)(C)C)C1. The first kappa shape index (κ1) is 24.3. The molecule has 2 atom stereocenters. The van der Waals surface area contributed by atoms with Crippen LogP contribution in [-0.4, -0.2) is 34.2 Å². The smallest absolute Gasteiger partial charge is 0.407 e. The fourth-order valence-electron chi connectivity index (χ4n) is 3.50. The minimum absolute atomic E-state index is 0.0610. The standard InChI is InChI=1S/C25H32FN5O2/c1-5-13-27-22-18(16-28-23(31-22)29-20-8-6-7-19(26)15-20)11-9-17-10-12-21(14-17)30-24(32)33-25(2,3)4/h6-8,15-17,21H,5,10,12-14H2,1-4H3,(H,30,32)(H2,27,28,29,31)/t17-,21+/m1/s1. The molecule has 7 nitrogen and oxygen atoms in total. The molecule has 3 rings (SSSR count). The van der Waals surface area contributed by atoms with Gasteiger partial charge < -0.3 is 20.7 Å². The van der Waals surface area contributed by atoms with Crippen molar-refractivity contribution in [3.05, 3.63) is 41.8 Å². The second kappa shape index (κ2) is 11.0. The van der Waals surface area contributed by atoms with Gasteiger partial charge in [0.2, 0.25) is 5.95 Å². The Bertz CT molecular complexity index is 1030. The van der Waals surface area contributed by atoms with Gasteiger partial charge >= 0.3 is 6.09 Å². The average Bonchev–Trinajstić information content (AvgIpc) is 3.17. The van der Waals surface area contributed by atoms with E-state index in [9.17, 15) is 9.18 Å². The van der Waals surface area contributed by atoms with Gasteiger partial charge in [-0.25, -0.2) is 14.2 Å². The van der Waals surface area contributed by atoms with Crippen LogP contribution < -0.4 is 16.0 Å². The Hall–Kier alpha value is -3.34. The highest BCUT2D eigenvalue weighted by molar-refractivity contribution is 5.68. The molecule has 8 heteroatoms. The number of carbonyl (C=O) groups is 1. The van der Waals surface area contributed by atoms with Gasteiger partial charge in [-0.15, -0.1) is 0 Å². The van der Waals surface area contributed by atoms with Crippen molar-refractivity contribution in [3.63, 3.8) is 0 Å². The summed E-state index contributed by atoms with van der Waals surface area (Å²) in [4.78, 5) is 20.9. The van der Waals surface area contributed by atoms with E-state index in [1.807, 2.05) is 20.8 Å². The van der Waals surface area contributed by atoms with E-state index in [1.54, 1.807) is 18.3 Å². The minimum atomic E-state index is -0.514. The van der Waals surface area contributed by atoms with Crippen LogP contribution in [0, 0.1) is 23.6 Å². The Balaban J connectivity index is 1.66. The molecule has 0 spiro atoms. The zero-order valence-electron chi connectivity index (χ0n) is 19.7. The van der Waals surface area contributed by atoms with Crippen LogP contribution >= 0.6 is 0 Å².